The first-order chi connectivity index (χ1) is 14.2. The van der Waals surface area contributed by atoms with E-state index in [9.17, 15) is 0 Å². The van der Waals surface area contributed by atoms with Gasteiger partial charge in [0.2, 0.25) is 0 Å². The molecule has 2 aromatic heterocycles. The highest BCUT2D eigenvalue weighted by Gasteiger charge is 2.13. The van der Waals surface area contributed by atoms with Crippen molar-refractivity contribution in [3.63, 3.8) is 0 Å². The minimum Gasteiger partial charge on any atom is -0.359 e. The zero-order chi connectivity index (χ0) is 20.5. The molecule has 30 heavy (non-hydrogen) atoms. The van der Waals surface area contributed by atoms with Gasteiger partial charge in [-0.05, 0) is 37.0 Å². The summed E-state index contributed by atoms with van der Waals surface area (Å²) in [6, 6.07) is 12.1. The summed E-state index contributed by atoms with van der Waals surface area (Å²) in [6.45, 7) is 5.67. The van der Waals surface area contributed by atoms with Crippen LogP contribution in [0.4, 0.5) is 0 Å². The zero-order valence-corrected chi connectivity index (χ0v) is 20.2. The van der Waals surface area contributed by atoms with Gasteiger partial charge in [0.05, 0.1) is 24.1 Å². The van der Waals surface area contributed by atoms with Gasteiger partial charge in [0.1, 0.15) is 0 Å². The highest BCUT2D eigenvalue weighted by molar-refractivity contribution is 14.0. The maximum Gasteiger partial charge on any atom is 0.191 e. The highest BCUT2D eigenvalue weighted by Crippen LogP contribution is 2.22. The second-order valence-electron chi connectivity index (χ2n) is 6.96. The summed E-state index contributed by atoms with van der Waals surface area (Å²) in [5, 5.41) is 15.2. The van der Waals surface area contributed by atoms with E-state index < -0.39 is 0 Å². The average Bonchev–Trinajstić information content (AvgIpc) is 3.42. The van der Waals surface area contributed by atoms with Gasteiger partial charge in [-0.15, -0.1) is 24.0 Å². The van der Waals surface area contributed by atoms with Crippen molar-refractivity contribution < 1.29 is 4.52 Å². The van der Waals surface area contributed by atoms with Crippen molar-refractivity contribution in [1.29, 1.82) is 0 Å². The summed E-state index contributed by atoms with van der Waals surface area (Å²) in [5.74, 6) is 2.02. The van der Waals surface area contributed by atoms with Crippen LogP contribution in [0, 0.1) is 0 Å². The van der Waals surface area contributed by atoms with E-state index in [0.717, 1.165) is 48.9 Å². The summed E-state index contributed by atoms with van der Waals surface area (Å²) in [5.41, 5.74) is 3.26. The molecule has 1 aromatic carbocycles. The van der Waals surface area contributed by atoms with Crippen molar-refractivity contribution in [2.24, 2.45) is 4.99 Å². The Morgan fingerprint density at radius 1 is 1.17 bits per heavy atom. The van der Waals surface area contributed by atoms with Crippen molar-refractivity contribution >= 4 is 29.9 Å². The van der Waals surface area contributed by atoms with E-state index in [1.54, 1.807) is 7.05 Å². The lowest BCUT2D eigenvalue weighted by atomic mass is 9.99. The maximum atomic E-state index is 5.46. The molecule has 0 spiro atoms. The maximum absolute atomic E-state index is 5.46. The molecule has 3 rings (SSSR count). The van der Waals surface area contributed by atoms with E-state index in [0.29, 0.717) is 12.5 Å². The third-order valence-corrected chi connectivity index (χ3v) is 5.00. The fraction of sp³-hybridized carbons (Fsp3) is 0.409. The number of rotatable bonds is 9. The van der Waals surface area contributed by atoms with Gasteiger partial charge in [-0.3, -0.25) is 4.99 Å². The lowest BCUT2D eigenvalue weighted by molar-refractivity contribution is 0.368. The summed E-state index contributed by atoms with van der Waals surface area (Å²) >= 11 is 0. The lowest BCUT2D eigenvalue weighted by Crippen LogP contribution is -2.37. The quantitative estimate of drug-likeness (QED) is 0.249. The number of nitrogens with one attached hydrogen (secondary N) is 2. The Bertz CT molecular complexity index is 901. The predicted octanol–water partition coefficient (Wildman–Crippen LogP) is 4.29. The molecule has 0 fully saturated rings. The summed E-state index contributed by atoms with van der Waals surface area (Å²) in [4.78, 5) is 4.27. The SMILES string of the molecule is CCC(CC)c1cc(CNC(=NC)NCCc2cnn(-c3ccccc3)c2)on1.I. The van der Waals surface area contributed by atoms with Crippen LogP contribution in [0.2, 0.25) is 0 Å². The van der Waals surface area contributed by atoms with Crippen LogP contribution < -0.4 is 10.6 Å². The Morgan fingerprint density at radius 3 is 2.63 bits per heavy atom. The molecule has 7 nitrogen and oxygen atoms in total. The first-order valence-corrected chi connectivity index (χ1v) is 10.2. The number of hydrogen-bond acceptors (Lipinski definition) is 4. The Labute approximate surface area is 195 Å². The number of aliphatic imine (C=N–C) groups is 1. The molecule has 0 unspecified atom stereocenters. The largest absolute Gasteiger partial charge is 0.359 e. The van der Waals surface area contributed by atoms with Gasteiger partial charge in [0.15, 0.2) is 11.7 Å². The van der Waals surface area contributed by atoms with Gasteiger partial charge in [-0.25, -0.2) is 4.68 Å². The molecular weight excluding hydrogens is 491 g/mol. The number of halogens is 1. The molecular formula is C22H31IN6O. The van der Waals surface area contributed by atoms with Gasteiger partial charge >= 0.3 is 0 Å². The Kier molecular flexibility index (Phi) is 9.85. The minimum absolute atomic E-state index is 0. The van der Waals surface area contributed by atoms with Crippen LogP contribution in [-0.2, 0) is 13.0 Å². The monoisotopic (exact) mass is 522 g/mol. The lowest BCUT2D eigenvalue weighted by Gasteiger charge is -2.10. The smallest absolute Gasteiger partial charge is 0.191 e. The van der Waals surface area contributed by atoms with Crippen molar-refractivity contribution in [1.82, 2.24) is 25.6 Å². The molecule has 0 radical (unpaired) electrons. The number of aromatic nitrogens is 3. The number of hydrogen-bond donors (Lipinski definition) is 2. The average molecular weight is 522 g/mol. The first kappa shape index (κ1) is 23.9. The fourth-order valence-electron chi connectivity index (χ4n) is 3.24. The van der Waals surface area contributed by atoms with Crippen LogP contribution in [0.5, 0.6) is 0 Å². The van der Waals surface area contributed by atoms with Crippen LogP contribution >= 0.6 is 24.0 Å². The molecule has 0 bridgehead atoms. The molecule has 0 saturated heterocycles. The van der Waals surface area contributed by atoms with Crippen molar-refractivity contribution in [2.45, 2.75) is 45.6 Å². The van der Waals surface area contributed by atoms with E-state index in [2.05, 4.69) is 45.9 Å². The Hall–Kier alpha value is -2.36. The number of benzene rings is 1. The van der Waals surface area contributed by atoms with Gasteiger partial charge in [-0.1, -0.05) is 37.2 Å². The van der Waals surface area contributed by atoms with E-state index in [1.807, 2.05) is 47.3 Å². The molecule has 0 atom stereocenters. The number of para-hydroxylation sites is 1. The van der Waals surface area contributed by atoms with Gasteiger partial charge in [0.25, 0.3) is 0 Å². The molecule has 0 aliphatic heterocycles. The molecule has 2 heterocycles. The van der Waals surface area contributed by atoms with E-state index >= 15 is 0 Å². The highest BCUT2D eigenvalue weighted by atomic mass is 127. The molecule has 162 valence electrons. The number of guanidine groups is 1. The summed E-state index contributed by atoms with van der Waals surface area (Å²) in [7, 11) is 1.76. The molecule has 8 heteroatoms. The topological polar surface area (TPSA) is 80.3 Å². The van der Waals surface area contributed by atoms with Gasteiger partial charge in [0, 0.05) is 31.8 Å². The molecule has 0 saturated carbocycles. The standard InChI is InChI=1S/C22H30N6O.HI/c1-4-18(5-2)21-13-20(29-27-21)15-25-22(23-3)24-12-11-17-14-26-28(16-17)19-9-7-6-8-10-19;/h6-10,13-14,16,18H,4-5,11-12,15H2,1-3H3,(H2,23,24,25);1H. The second kappa shape index (κ2) is 12.4. The third kappa shape index (κ3) is 6.58. The summed E-state index contributed by atoms with van der Waals surface area (Å²) in [6.07, 6.45) is 6.95. The van der Waals surface area contributed by atoms with Crippen molar-refractivity contribution in [2.75, 3.05) is 13.6 Å². The van der Waals surface area contributed by atoms with E-state index in [-0.39, 0.29) is 24.0 Å². The van der Waals surface area contributed by atoms with Gasteiger partial charge in [-0.2, -0.15) is 5.10 Å². The number of nitrogens with zero attached hydrogens (tertiary/aromatic N) is 4. The van der Waals surface area contributed by atoms with Crippen LogP contribution in [-0.4, -0.2) is 34.5 Å². The predicted molar refractivity (Wildman–Crippen MR) is 131 cm³/mol. The van der Waals surface area contributed by atoms with Crippen LogP contribution in [0.1, 0.15) is 49.6 Å². The van der Waals surface area contributed by atoms with Gasteiger partial charge < -0.3 is 15.2 Å². The summed E-state index contributed by atoms with van der Waals surface area (Å²) < 4.78 is 7.35. The van der Waals surface area contributed by atoms with Crippen LogP contribution in [0.3, 0.4) is 0 Å². The van der Waals surface area contributed by atoms with Crippen LogP contribution in [0.25, 0.3) is 5.69 Å². The molecule has 0 amide bonds. The molecule has 0 aliphatic carbocycles. The Balaban J connectivity index is 0.00000320. The minimum atomic E-state index is 0. The first-order valence-electron chi connectivity index (χ1n) is 10.2. The zero-order valence-electron chi connectivity index (χ0n) is 17.8. The third-order valence-electron chi connectivity index (χ3n) is 5.00. The van der Waals surface area contributed by atoms with Crippen LogP contribution in [0.15, 0.2) is 58.3 Å². The normalized spacial score (nSPS) is 11.4. The Morgan fingerprint density at radius 2 is 1.93 bits per heavy atom. The van der Waals surface area contributed by atoms with Crippen molar-refractivity contribution in [3.8, 4) is 5.69 Å². The second-order valence-corrected chi connectivity index (χ2v) is 6.96. The molecule has 0 aliphatic rings. The fourth-order valence-corrected chi connectivity index (χ4v) is 3.24. The van der Waals surface area contributed by atoms with E-state index in [1.165, 1.54) is 5.56 Å². The van der Waals surface area contributed by atoms with Crippen molar-refractivity contribution in [3.05, 3.63) is 65.8 Å². The molecule has 2 N–H and O–H groups in total. The molecule has 3 aromatic rings. The van der Waals surface area contributed by atoms with E-state index in [4.69, 9.17) is 4.52 Å².